The van der Waals surface area contributed by atoms with Crippen LogP contribution in [0.15, 0.2) is 40.9 Å². The summed E-state index contributed by atoms with van der Waals surface area (Å²) in [6, 6.07) is 8.61. The van der Waals surface area contributed by atoms with Crippen LogP contribution in [-0.2, 0) is 0 Å². The van der Waals surface area contributed by atoms with Crippen molar-refractivity contribution in [1.29, 1.82) is 0 Å². The summed E-state index contributed by atoms with van der Waals surface area (Å²) in [7, 11) is 1.39. The van der Waals surface area contributed by atoms with Crippen LogP contribution in [0.1, 0.15) is 10.4 Å². The van der Waals surface area contributed by atoms with Crippen molar-refractivity contribution in [3.05, 3.63) is 46.4 Å². The van der Waals surface area contributed by atoms with Gasteiger partial charge in [0.05, 0.1) is 11.6 Å². The molecule has 2 rings (SSSR count). The molecule has 0 spiro atoms. The van der Waals surface area contributed by atoms with Gasteiger partial charge in [0.15, 0.2) is 0 Å². The summed E-state index contributed by atoms with van der Waals surface area (Å²) in [5.74, 6) is -0.0629. The van der Waals surface area contributed by atoms with Crippen LogP contribution in [0.5, 0.6) is 11.5 Å². The molecule has 0 atom stereocenters. The number of methoxy groups -OCH3 is 1. The van der Waals surface area contributed by atoms with Gasteiger partial charge in [-0.05, 0) is 34.1 Å². The number of ether oxygens (including phenoxy) is 2. The molecule has 0 aromatic heterocycles. The number of carbonyl (C=O) groups is 1. The third-order valence-electron chi connectivity index (χ3n) is 2.81. The summed E-state index contributed by atoms with van der Waals surface area (Å²) in [5.41, 5.74) is 0.782. The van der Waals surface area contributed by atoms with Gasteiger partial charge in [-0.1, -0.05) is 18.2 Å². The van der Waals surface area contributed by atoms with E-state index in [1.54, 1.807) is 6.07 Å². The summed E-state index contributed by atoms with van der Waals surface area (Å²) >= 11 is 3.24. The maximum absolute atomic E-state index is 12.5. The monoisotopic (exact) mass is 374 g/mol. The normalized spacial score (nSPS) is 11.1. The van der Waals surface area contributed by atoms with Gasteiger partial charge >= 0.3 is 6.36 Å². The van der Waals surface area contributed by atoms with Gasteiger partial charge in [0.2, 0.25) is 0 Å². The Labute approximate surface area is 132 Å². The zero-order valence-electron chi connectivity index (χ0n) is 11.3. The molecule has 0 bridgehead atoms. The van der Waals surface area contributed by atoms with Crippen LogP contribution >= 0.6 is 15.9 Å². The molecule has 0 aliphatic rings. The topological polar surface area (TPSA) is 35.5 Å². The Bertz CT molecular complexity index is 699. The summed E-state index contributed by atoms with van der Waals surface area (Å²) in [4.78, 5) is 11.0. The first-order valence-electron chi connectivity index (χ1n) is 6.03. The van der Waals surface area contributed by atoms with Crippen LogP contribution in [0.25, 0.3) is 11.1 Å². The maximum Gasteiger partial charge on any atom is 0.573 e. The lowest BCUT2D eigenvalue weighted by Gasteiger charge is -2.16. The number of alkyl halides is 3. The molecule has 116 valence electrons. The van der Waals surface area contributed by atoms with E-state index in [1.807, 2.05) is 0 Å². The molecule has 2 aromatic carbocycles. The average Bonchev–Trinajstić information content (AvgIpc) is 2.45. The van der Waals surface area contributed by atoms with Crippen molar-refractivity contribution < 1.29 is 27.4 Å². The molecule has 0 radical (unpaired) electrons. The van der Waals surface area contributed by atoms with Crippen molar-refractivity contribution in [3.8, 4) is 22.6 Å². The highest BCUT2D eigenvalue weighted by molar-refractivity contribution is 9.10. The first kappa shape index (κ1) is 16.4. The van der Waals surface area contributed by atoms with E-state index in [4.69, 9.17) is 4.74 Å². The largest absolute Gasteiger partial charge is 0.573 e. The van der Waals surface area contributed by atoms with Crippen molar-refractivity contribution in [2.75, 3.05) is 7.11 Å². The first-order valence-corrected chi connectivity index (χ1v) is 6.83. The van der Waals surface area contributed by atoms with Gasteiger partial charge in [-0.25, -0.2) is 0 Å². The van der Waals surface area contributed by atoms with Gasteiger partial charge in [0.25, 0.3) is 0 Å². The fourth-order valence-corrected chi connectivity index (χ4v) is 2.63. The van der Waals surface area contributed by atoms with Crippen LogP contribution in [0.4, 0.5) is 13.2 Å². The number of hydrogen-bond donors (Lipinski definition) is 0. The number of para-hydroxylation sites is 1. The second-order valence-corrected chi connectivity index (χ2v) is 5.10. The molecule has 0 saturated carbocycles. The third-order valence-corrected chi connectivity index (χ3v) is 3.40. The number of carbonyl (C=O) groups excluding carboxylic acids is 1. The Morgan fingerprint density at radius 1 is 1.14 bits per heavy atom. The third kappa shape index (κ3) is 3.59. The number of halogens is 4. The Kier molecular flexibility index (Phi) is 4.75. The molecule has 0 aliphatic carbocycles. The van der Waals surface area contributed by atoms with Crippen molar-refractivity contribution in [2.24, 2.45) is 0 Å². The molecule has 0 aliphatic heterocycles. The predicted molar refractivity (Wildman–Crippen MR) is 78.2 cm³/mol. The summed E-state index contributed by atoms with van der Waals surface area (Å²) in [6.45, 7) is 0. The van der Waals surface area contributed by atoms with Gasteiger partial charge in [0, 0.05) is 16.7 Å². The number of benzene rings is 2. The van der Waals surface area contributed by atoms with Gasteiger partial charge < -0.3 is 9.47 Å². The predicted octanol–water partition coefficient (Wildman–Crippen LogP) is 4.84. The minimum absolute atomic E-state index is 0.168. The molecule has 0 fully saturated rings. The zero-order chi connectivity index (χ0) is 16.3. The highest BCUT2D eigenvalue weighted by Crippen LogP contribution is 2.42. The van der Waals surface area contributed by atoms with Crippen LogP contribution < -0.4 is 9.47 Å². The van der Waals surface area contributed by atoms with Gasteiger partial charge in [0.1, 0.15) is 17.8 Å². The molecular formula is C15H10BrF3O3. The second kappa shape index (κ2) is 6.39. The van der Waals surface area contributed by atoms with Gasteiger partial charge in [-0.3, -0.25) is 4.79 Å². The van der Waals surface area contributed by atoms with E-state index in [0.29, 0.717) is 27.6 Å². The van der Waals surface area contributed by atoms with E-state index in [2.05, 4.69) is 20.7 Å². The number of hydrogen-bond acceptors (Lipinski definition) is 3. The summed E-state index contributed by atoms with van der Waals surface area (Å²) < 4.78 is 47.3. The van der Waals surface area contributed by atoms with E-state index in [-0.39, 0.29) is 11.3 Å². The standard InChI is InChI=1S/C15H10BrF3O3/c1-21-14-11(6-9(8-20)7-12(14)16)10-4-2-3-5-13(10)22-15(17,18)19/h2-8H,1H3. The molecule has 0 heterocycles. The van der Waals surface area contributed by atoms with E-state index >= 15 is 0 Å². The molecule has 7 heteroatoms. The fourth-order valence-electron chi connectivity index (χ4n) is 1.99. The fraction of sp³-hybridized carbons (Fsp3) is 0.133. The lowest BCUT2D eigenvalue weighted by molar-refractivity contribution is -0.274. The SMILES string of the molecule is COc1c(Br)cc(C=O)cc1-c1ccccc1OC(F)(F)F. The van der Waals surface area contributed by atoms with E-state index < -0.39 is 6.36 Å². The highest BCUT2D eigenvalue weighted by atomic mass is 79.9. The number of aldehydes is 1. The molecule has 0 saturated heterocycles. The molecule has 0 N–H and O–H groups in total. The molecule has 0 amide bonds. The minimum atomic E-state index is -4.82. The van der Waals surface area contributed by atoms with Crippen LogP contribution in [0.2, 0.25) is 0 Å². The lowest BCUT2D eigenvalue weighted by atomic mass is 10.0. The lowest BCUT2D eigenvalue weighted by Crippen LogP contribution is -2.17. The Hall–Kier alpha value is -2.02. The minimum Gasteiger partial charge on any atom is -0.495 e. The average molecular weight is 375 g/mol. The Balaban J connectivity index is 2.66. The maximum atomic E-state index is 12.5. The summed E-state index contributed by atoms with van der Waals surface area (Å²) in [5, 5.41) is 0. The molecule has 0 unspecified atom stereocenters. The van der Waals surface area contributed by atoms with Crippen molar-refractivity contribution in [1.82, 2.24) is 0 Å². The Morgan fingerprint density at radius 2 is 1.82 bits per heavy atom. The van der Waals surface area contributed by atoms with Gasteiger partial charge in [-0.15, -0.1) is 13.2 Å². The van der Waals surface area contributed by atoms with E-state index in [1.165, 1.54) is 37.4 Å². The van der Waals surface area contributed by atoms with Crippen molar-refractivity contribution in [3.63, 3.8) is 0 Å². The van der Waals surface area contributed by atoms with Crippen LogP contribution in [0.3, 0.4) is 0 Å². The summed E-state index contributed by atoms with van der Waals surface area (Å²) in [6.07, 6.45) is -4.22. The van der Waals surface area contributed by atoms with E-state index in [9.17, 15) is 18.0 Å². The van der Waals surface area contributed by atoms with Gasteiger partial charge in [-0.2, -0.15) is 0 Å². The molecule has 22 heavy (non-hydrogen) atoms. The first-order chi connectivity index (χ1) is 10.4. The molecule has 3 nitrogen and oxygen atoms in total. The molecular weight excluding hydrogens is 365 g/mol. The smallest absolute Gasteiger partial charge is 0.495 e. The second-order valence-electron chi connectivity index (χ2n) is 4.25. The quantitative estimate of drug-likeness (QED) is 0.718. The van der Waals surface area contributed by atoms with Crippen molar-refractivity contribution >= 4 is 22.2 Å². The highest BCUT2D eigenvalue weighted by Gasteiger charge is 2.32. The van der Waals surface area contributed by atoms with Crippen molar-refractivity contribution in [2.45, 2.75) is 6.36 Å². The zero-order valence-corrected chi connectivity index (χ0v) is 12.9. The number of rotatable bonds is 4. The van der Waals surface area contributed by atoms with E-state index in [0.717, 1.165) is 0 Å². The van der Waals surface area contributed by atoms with Crippen LogP contribution in [-0.4, -0.2) is 19.8 Å². The molecule has 2 aromatic rings. The van der Waals surface area contributed by atoms with Crippen LogP contribution in [0, 0.1) is 0 Å². The Morgan fingerprint density at radius 3 is 2.41 bits per heavy atom.